The molecule has 3 heterocycles. The Morgan fingerprint density at radius 3 is 2.09 bits per heavy atom. The summed E-state index contributed by atoms with van der Waals surface area (Å²) in [5, 5.41) is 61.5. The fraction of sp³-hybridized carbons (Fsp3) is 0.534. The molecule has 0 aliphatic carbocycles. The number of amides is 9. The Hall–Kier alpha value is -8.14. The van der Waals surface area contributed by atoms with Gasteiger partial charge in [0.1, 0.15) is 54.4 Å². The Morgan fingerprint density at radius 1 is 0.802 bits per heavy atom. The molecular formula is C58H82N14O16S3. The molecule has 498 valence electrons. The van der Waals surface area contributed by atoms with E-state index in [1.54, 1.807) is 56.4 Å². The Labute approximate surface area is 537 Å². The molecule has 0 unspecified atom stereocenters. The summed E-state index contributed by atoms with van der Waals surface area (Å²) < 4.78 is 0. The molecule has 1 fully saturated rings. The molecule has 0 saturated carbocycles. The van der Waals surface area contributed by atoms with Gasteiger partial charge in [0.15, 0.2) is 5.96 Å². The summed E-state index contributed by atoms with van der Waals surface area (Å²) in [6.45, 7) is 5.21. The van der Waals surface area contributed by atoms with Gasteiger partial charge < -0.3 is 90.0 Å². The zero-order valence-corrected chi connectivity index (χ0v) is 53.3. The molecule has 19 N–H and O–H groups in total. The van der Waals surface area contributed by atoms with Crippen LogP contribution >= 0.6 is 35.3 Å². The molecule has 9 amide bonds. The SMILES string of the molecule is CC(=O)N[C@H]1CSCc2cc(cc(CSC[C@H](NC(=O)[C@H](CC(C)C)NC(=O)[C@@H](N)CC(=O)O)C(=O)O)c2)CSC[C@@H](C(=O)O)NC(=O)[C@H](CCCN=C(N)N)NC(=O)[C@H](C)NC(=O)[C@@H]2CCCN2C(=O)[C@H](Cc2c[nH]c3ccccc23)NC(=O)[C@H](CO)NC1=O. The van der Waals surface area contributed by atoms with Crippen LogP contribution in [0.4, 0.5) is 0 Å². The van der Waals surface area contributed by atoms with Crippen molar-refractivity contribution in [3.8, 4) is 0 Å². The van der Waals surface area contributed by atoms with Gasteiger partial charge in [-0.3, -0.25) is 52.9 Å². The molecule has 5 rings (SSSR count). The van der Waals surface area contributed by atoms with E-state index in [1.807, 2.05) is 6.07 Å². The van der Waals surface area contributed by atoms with Gasteiger partial charge in [-0.2, -0.15) is 35.3 Å². The highest BCUT2D eigenvalue weighted by atomic mass is 32.2. The van der Waals surface area contributed by atoms with Crippen molar-refractivity contribution in [1.29, 1.82) is 0 Å². The third-order valence-corrected chi connectivity index (χ3v) is 17.8. The number of nitrogens with two attached hydrogens (primary N) is 3. The third kappa shape index (κ3) is 23.6. The van der Waals surface area contributed by atoms with E-state index in [-0.39, 0.29) is 91.6 Å². The fourth-order valence-electron chi connectivity index (χ4n) is 9.96. The van der Waals surface area contributed by atoms with Gasteiger partial charge in [-0.1, -0.05) is 50.2 Å². The van der Waals surface area contributed by atoms with Crippen molar-refractivity contribution in [1.82, 2.24) is 52.4 Å². The number of nitrogens with one attached hydrogen (secondary N) is 9. The maximum atomic E-state index is 14.8. The van der Waals surface area contributed by atoms with Crippen LogP contribution in [0.1, 0.15) is 88.5 Å². The summed E-state index contributed by atoms with van der Waals surface area (Å²) in [4.78, 5) is 169. The van der Waals surface area contributed by atoms with Crippen LogP contribution in [0.5, 0.6) is 0 Å². The molecule has 30 nitrogen and oxygen atoms in total. The summed E-state index contributed by atoms with van der Waals surface area (Å²) in [7, 11) is 0. The largest absolute Gasteiger partial charge is 0.481 e. The predicted octanol–water partition coefficient (Wildman–Crippen LogP) is -1.90. The Bertz CT molecular complexity index is 3150. The number of benzene rings is 2. The number of aliphatic carboxylic acids is 3. The van der Waals surface area contributed by atoms with Gasteiger partial charge in [0.2, 0.25) is 53.2 Å². The molecule has 0 spiro atoms. The number of fused-ring (bicyclic) bond motifs is 4. The first-order valence-corrected chi connectivity index (χ1v) is 32.8. The van der Waals surface area contributed by atoms with Crippen LogP contribution in [-0.2, 0) is 81.2 Å². The second-order valence-corrected chi connectivity index (χ2v) is 25.5. The van der Waals surface area contributed by atoms with Crippen LogP contribution in [0.15, 0.2) is 53.7 Å². The standard InChI is InChI=1S/C58H82N14O16S3/c1-29(2)15-40(67-49(78)37(59)20-47(75)76)51(80)71-45(57(87)88)28-91-25-34-17-32-16-33(18-34)24-90-27-44(56(85)86)70-50(79)39(11-7-13-62-58(60)61)66-48(77)30(3)64-54(83)46-12-8-14-72(46)55(84)41(19-35-21-63-38-10-6-5-9-36(35)38)68-52(81)42(22-73)69-53(82)43(26-89-23-32)65-31(4)74/h5-6,9-10,16-18,21,29-30,37,39-46,63,73H,7-8,11-15,19-20,22-28,59H2,1-4H3,(H,64,83)(H,65,74)(H,66,77)(H,67,78)(H,68,81)(H,69,82)(H,70,79)(H,71,80)(H,75,76)(H,85,86)(H,87,88)(H4,60,61,62)/t30-,37-,39-,40-,41-,42-,43-,44-,45-,46-/m0/s1. The summed E-state index contributed by atoms with van der Waals surface area (Å²) in [6.07, 6.45) is 1.47. The minimum Gasteiger partial charge on any atom is -0.481 e. The highest BCUT2D eigenvalue weighted by Gasteiger charge is 2.40. The van der Waals surface area contributed by atoms with Gasteiger partial charge in [0.05, 0.1) is 19.1 Å². The van der Waals surface area contributed by atoms with Crippen molar-refractivity contribution in [3.63, 3.8) is 0 Å². The number of carboxylic acids is 3. The van der Waals surface area contributed by atoms with Gasteiger partial charge in [0, 0.05) is 78.1 Å². The number of rotatable bonds is 22. The minimum absolute atomic E-state index is 0.0360. The first-order valence-electron chi connectivity index (χ1n) is 29.3. The number of hydrogen-bond acceptors (Lipinski definition) is 18. The summed E-state index contributed by atoms with van der Waals surface area (Å²) in [5.41, 5.74) is 20.0. The molecule has 2 aliphatic heterocycles. The van der Waals surface area contributed by atoms with Gasteiger partial charge in [-0.25, -0.2) is 9.59 Å². The van der Waals surface area contributed by atoms with Crippen molar-refractivity contribution < 1.29 is 78.0 Å². The number of aromatic amines is 1. The summed E-state index contributed by atoms with van der Waals surface area (Å²) in [6, 6.07) is -1.31. The van der Waals surface area contributed by atoms with Crippen LogP contribution in [0.2, 0.25) is 0 Å². The van der Waals surface area contributed by atoms with Crippen molar-refractivity contribution in [2.45, 2.75) is 150 Å². The number of aliphatic hydroxyl groups is 1. The van der Waals surface area contributed by atoms with Gasteiger partial charge in [0.25, 0.3) is 0 Å². The second-order valence-electron chi connectivity index (χ2n) is 22.4. The number of aliphatic imine (C=N–C) groups is 1. The molecular weight excluding hydrogens is 1240 g/mol. The highest BCUT2D eigenvalue weighted by Crippen LogP contribution is 2.26. The number of carboxylic acid groups (broad SMARTS) is 3. The van der Waals surface area contributed by atoms with Gasteiger partial charge >= 0.3 is 17.9 Å². The lowest BCUT2D eigenvalue weighted by Gasteiger charge is -2.30. The summed E-state index contributed by atoms with van der Waals surface area (Å²) in [5.74, 6) is -11.9. The van der Waals surface area contributed by atoms with E-state index < -0.39 is 145 Å². The molecule has 1 aromatic heterocycles. The quantitative estimate of drug-likeness (QED) is 0.0297. The van der Waals surface area contributed by atoms with E-state index >= 15 is 0 Å². The number of hydrogen-bond donors (Lipinski definition) is 16. The molecule has 2 aliphatic rings. The molecule has 33 heteroatoms. The maximum absolute atomic E-state index is 14.8. The Kier molecular flexibility index (Phi) is 29.1. The van der Waals surface area contributed by atoms with E-state index in [4.69, 9.17) is 22.3 Å². The molecule has 91 heavy (non-hydrogen) atoms. The molecule has 1 saturated heterocycles. The first kappa shape index (κ1) is 73.6. The number of guanidine groups is 1. The van der Waals surface area contributed by atoms with Crippen LogP contribution < -0.4 is 59.7 Å². The molecule has 0 radical (unpaired) electrons. The normalized spacial score (nSPS) is 22.0. The number of H-pyrrole nitrogens is 1. The van der Waals surface area contributed by atoms with Crippen molar-refractivity contribution in [2.24, 2.45) is 28.1 Å². The second kappa shape index (κ2) is 36.0. The van der Waals surface area contributed by atoms with Crippen molar-refractivity contribution in [2.75, 3.05) is 37.0 Å². The van der Waals surface area contributed by atoms with Crippen molar-refractivity contribution >= 4 is 123 Å². The van der Waals surface area contributed by atoms with E-state index in [1.165, 1.54) is 30.5 Å². The maximum Gasteiger partial charge on any atom is 0.327 e. The van der Waals surface area contributed by atoms with Gasteiger partial charge in [-0.15, -0.1) is 0 Å². The average molecular weight is 1330 g/mol. The highest BCUT2D eigenvalue weighted by molar-refractivity contribution is 7.99. The zero-order valence-electron chi connectivity index (χ0n) is 50.8. The number of carbonyl (C=O) groups is 12. The third-order valence-electron chi connectivity index (χ3n) is 14.5. The number of thioether (sulfide) groups is 3. The number of para-hydroxylation sites is 1. The average Bonchev–Trinajstić information content (AvgIpc) is 1.88. The molecule has 2 bridgehead atoms. The van der Waals surface area contributed by atoms with Crippen LogP contribution in [0.3, 0.4) is 0 Å². The number of aliphatic hydroxyl groups excluding tert-OH is 1. The Balaban J connectivity index is 1.47. The van der Waals surface area contributed by atoms with E-state index in [9.17, 15) is 72.9 Å². The van der Waals surface area contributed by atoms with Crippen molar-refractivity contribution in [3.05, 3.63) is 70.9 Å². The first-order chi connectivity index (χ1) is 43.1. The smallest absolute Gasteiger partial charge is 0.327 e. The Morgan fingerprint density at radius 2 is 1.45 bits per heavy atom. The lowest BCUT2D eigenvalue weighted by Crippen LogP contribution is -2.60. The lowest BCUT2D eigenvalue weighted by atomic mass is 10.0. The predicted molar refractivity (Wildman–Crippen MR) is 340 cm³/mol. The fourth-order valence-corrected chi connectivity index (χ4v) is 12.9. The van der Waals surface area contributed by atoms with E-state index in [0.29, 0.717) is 28.7 Å². The van der Waals surface area contributed by atoms with Crippen LogP contribution in [-0.4, -0.2) is 205 Å². The number of aromatic nitrogens is 1. The molecule has 3 aromatic rings. The van der Waals surface area contributed by atoms with Crippen LogP contribution in [0, 0.1) is 5.92 Å². The monoisotopic (exact) mass is 1330 g/mol. The van der Waals surface area contributed by atoms with Crippen LogP contribution in [0.25, 0.3) is 10.9 Å². The van der Waals surface area contributed by atoms with Gasteiger partial charge in [-0.05, 0) is 73.3 Å². The molecule has 2 aromatic carbocycles. The van der Waals surface area contributed by atoms with E-state index in [2.05, 4.69) is 52.5 Å². The topological polar surface area (TPSA) is 491 Å². The number of nitrogens with zero attached hydrogens (tertiary/aromatic N) is 2. The zero-order chi connectivity index (χ0) is 67.1. The minimum atomic E-state index is -1.66. The molecule has 10 atom stereocenters. The number of carbonyl (C=O) groups excluding carboxylic acids is 9. The lowest BCUT2D eigenvalue weighted by molar-refractivity contribution is -0.142. The summed E-state index contributed by atoms with van der Waals surface area (Å²) >= 11 is 3.43. The van der Waals surface area contributed by atoms with E-state index in [0.717, 1.165) is 34.4 Å².